The summed E-state index contributed by atoms with van der Waals surface area (Å²) in [6.45, 7) is 7.42. The number of nitrogens with one attached hydrogen (secondary N) is 2. The summed E-state index contributed by atoms with van der Waals surface area (Å²) in [6, 6.07) is 0.534. The molecular formula is C15H30N2O3. The third kappa shape index (κ3) is 10.8. The van der Waals surface area contributed by atoms with Crippen LogP contribution in [0.3, 0.4) is 0 Å². The fraction of sp³-hybridized carbons (Fsp3) is 0.800. The maximum Gasteiger partial charge on any atom is 0.293 e. The van der Waals surface area contributed by atoms with E-state index in [0.717, 1.165) is 32.2 Å². The van der Waals surface area contributed by atoms with Gasteiger partial charge in [-0.3, -0.25) is 4.79 Å². The first-order valence-electron chi connectivity index (χ1n) is 7.59. The summed E-state index contributed by atoms with van der Waals surface area (Å²) in [5.41, 5.74) is 0.668. The summed E-state index contributed by atoms with van der Waals surface area (Å²) in [7, 11) is 0. The molecule has 0 spiro atoms. The first kappa shape index (κ1) is 18.9. The van der Waals surface area contributed by atoms with Crippen molar-refractivity contribution in [3.63, 3.8) is 0 Å². The van der Waals surface area contributed by atoms with Crippen molar-refractivity contribution in [2.75, 3.05) is 26.2 Å². The Hall–Kier alpha value is -1.07. The molecule has 0 saturated carbocycles. The van der Waals surface area contributed by atoms with Crippen molar-refractivity contribution in [2.24, 2.45) is 0 Å². The molecule has 0 aliphatic heterocycles. The van der Waals surface area contributed by atoms with Gasteiger partial charge in [-0.1, -0.05) is 26.7 Å². The summed E-state index contributed by atoms with van der Waals surface area (Å²) >= 11 is 0. The Balaban J connectivity index is 3.65. The van der Waals surface area contributed by atoms with Crippen molar-refractivity contribution in [2.45, 2.75) is 52.0 Å². The highest BCUT2D eigenvalue weighted by molar-refractivity contribution is 5.37. The van der Waals surface area contributed by atoms with Gasteiger partial charge in [-0.2, -0.15) is 0 Å². The molecule has 1 unspecified atom stereocenters. The van der Waals surface area contributed by atoms with Gasteiger partial charge in [0, 0.05) is 18.2 Å². The van der Waals surface area contributed by atoms with Crippen LogP contribution in [0.2, 0.25) is 0 Å². The number of rotatable bonds is 14. The summed E-state index contributed by atoms with van der Waals surface area (Å²) in [5.74, 6) is 0. The zero-order chi connectivity index (χ0) is 15.1. The number of ether oxygens (including phenoxy) is 1. The summed E-state index contributed by atoms with van der Waals surface area (Å²) < 4.78 is 4.60. The van der Waals surface area contributed by atoms with Crippen LogP contribution in [0.4, 0.5) is 0 Å². The van der Waals surface area contributed by atoms with Crippen LogP contribution >= 0.6 is 0 Å². The first-order valence-corrected chi connectivity index (χ1v) is 7.59. The molecule has 0 aromatic carbocycles. The minimum Gasteiger partial charge on any atom is -0.515 e. The number of carbonyl (C=O) groups is 1. The highest BCUT2D eigenvalue weighted by atomic mass is 16.5. The Bertz CT molecular complexity index is 258. The zero-order valence-corrected chi connectivity index (χ0v) is 12.9. The average Bonchev–Trinajstić information content (AvgIpc) is 2.48. The number of hydrogen-bond donors (Lipinski definition) is 3. The van der Waals surface area contributed by atoms with E-state index in [1.807, 2.05) is 0 Å². The van der Waals surface area contributed by atoms with Crippen molar-refractivity contribution < 1.29 is 14.6 Å². The molecule has 0 fully saturated rings. The maximum atomic E-state index is 10.1. The molecule has 0 aliphatic carbocycles. The van der Waals surface area contributed by atoms with E-state index >= 15 is 0 Å². The van der Waals surface area contributed by atoms with Crippen molar-refractivity contribution in [3.8, 4) is 0 Å². The second-order valence-corrected chi connectivity index (χ2v) is 4.93. The van der Waals surface area contributed by atoms with E-state index < -0.39 is 0 Å². The van der Waals surface area contributed by atoms with Gasteiger partial charge in [0.2, 0.25) is 0 Å². The quantitative estimate of drug-likeness (QED) is 0.259. The highest BCUT2D eigenvalue weighted by Gasteiger charge is 2.05. The highest BCUT2D eigenvalue weighted by Crippen LogP contribution is 1.99. The van der Waals surface area contributed by atoms with E-state index in [0.29, 0.717) is 24.6 Å². The molecule has 0 rings (SSSR count). The van der Waals surface area contributed by atoms with E-state index in [1.54, 1.807) is 0 Å². The normalized spacial score (nSPS) is 13.2. The van der Waals surface area contributed by atoms with Crippen molar-refractivity contribution >= 4 is 6.47 Å². The molecule has 0 radical (unpaired) electrons. The van der Waals surface area contributed by atoms with Crippen LogP contribution < -0.4 is 10.6 Å². The number of unbranched alkanes of at least 4 members (excludes halogenated alkanes) is 2. The van der Waals surface area contributed by atoms with E-state index in [-0.39, 0.29) is 6.61 Å². The van der Waals surface area contributed by atoms with Crippen LogP contribution in [0.5, 0.6) is 0 Å². The minimum atomic E-state index is 0.138. The summed E-state index contributed by atoms with van der Waals surface area (Å²) in [4.78, 5) is 10.1. The molecule has 3 N–H and O–H groups in total. The molecule has 0 saturated heterocycles. The van der Waals surface area contributed by atoms with Gasteiger partial charge >= 0.3 is 0 Å². The molecule has 0 aliphatic rings. The third-order valence-electron chi connectivity index (χ3n) is 3.25. The van der Waals surface area contributed by atoms with E-state index in [1.165, 1.54) is 19.3 Å². The predicted octanol–water partition coefficient (Wildman–Crippen LogP) is 2.14. The number of carbonyl (C=O) groups excluding carboxylic acids is 1. The SMILES string of the molecule is CCCCCNC(CC)CCNC/C(=C\O)COC=O. The number of aliphatic hydroxyl groups excluding tert-OH is 1. The number of hydrogen-bond acceptors (Lipinski definition) is 5. The number of aliphatic hydroxyl groups is 1. The van der Waals surface area contributed by atoms with Gasteiger partial charge in [0.1, 0.15) is 6.61 Å². The van der Waals surface area contributed by atoms with Gasteiger partial charge in [-0.15, -0.1) is 0 Å². The van der Waals surface area contributed by atoms with Crippen molar-refractivity contribution in [1.82, 2.24) is 10.6 Å². The minimum absolute atomic E-state index is 0.138. The van der Waals surface area contributed by atoms with Crippen molar-refractivity contribution in [3.05, 3.63) is 11.8 Å². The van der Waals surface area contributed by atoms with E-state index in [4.69, 9.17) is 5.11 Å². The molecule has 0 heterocycles. The zero-order valence-electron chi connectivity index (χ0n) is 12.9. The third-order valence-corrected chi connectivity index (χ3v) is 3.25. The largest absolute Gasteiger partial charge is 0.515 e. The Morgan fingerprint density at radius 3 is 2.70 bits per heavy atom. The van der Waals surface area contributed by atoms with Crippen LogP contribution in [0.1, 0.15) is 46.0 Å². The van der Waals surface area contributed by atoms with Crippen LogP contribution in [-0.4, -0.2) is 43.9 Å². The summed E-state index contributed by atoms with van der Waals surface area (Å²) in [6.07, 6.45) is 6.93. The fourth-order valence-electron chi connectivity index (χ4n) is 1.93. The lowest BCUT2D eigenvalue weighted by Crippen LogP contribution is -2.33. The summed E-state index contributed by atoms with van der Waals surface area (Å²) in [5, 5.41) is 15.8. The van der Waals surface area contributed by atoms with E-state index in [9.17, 15) is 4.79 Å². The molecule has 0 aromatic heterocycles. The van der Waals surface area contributed by atoms with Crippen LogP contribution in [0, 0.1) is 0 Å². The van der Waals surface area contributed by atoms with Gasteiger partial charge in [0.05, 0.1) is 6.26 Å². The monoisotopic (exact) mass is 286 g/mol. The predicted molar refractivity (Wildman–Crippen MR) is 81.8 cm³/mol. The molecule has 0 aromatic rings. The molecule has 5 heteroatoms. The average molecular weight is 286 g/mol. The fourth-order valence-corrected chi connectivity index (χ4v) is 1.93. The standard InChI is InChI=1S/C15H30N2O3/c1-3-5-6-8-17-15(4-2)7-9-16-10-14(11-18)12-20-13-19/h11,13,15-18H,3-10,12H2,1-2H3/b14-11+. The molecule has 0 amide bonds. The van der Waals surface area contributed by atoms with Gasteiger partial charge in [-0.05, 0) is 32.4 Å². The van der Waals surface area contributed by atoms with Crippen LogP contribution in [0.25, 0.3) is 0 Å². The van der Waals surface area contributed by atoms with Gasteiger partial charge < -0.3 is 20.5 Å². The Kier molecular flexibility index (Phi) is 13.6. The van der Waals surface area contributed by atoms with Gasteiger partial charge in [-0.25, -0.2) is 0 Å². The molecule has 118 valence electrons. The van der Waals surface area contributed by atoms with Gasteiger partial charge in [0.15, 0.2) is 0 Å². The first-order chi connectivity index (χ1) is 9.78. The molecular weight excluding hydrogens is 256 g/mol. The lowest BCUT2D eigenvalue weighted by Gasteiger charge is -2.17. The van der Waals surface area contributed by atoms with E-state index in [2.05, 4.69) is 29.2 Å². The Labute approximate surface area is 122 Å². The molecule has 1 atom stereocenters. The second kappa shape index (κ2) is 14.3. The lowest BCUT2D eigenvalue weighted by molar-refractivity contribution is -0.127. The topological polar surface area (TPSA) is 70.6 Å². The second-order valence-electron chi connectivity index (χ2n) is 4.93. The molecule has 5 nitrogen and oxygen atoms in total. The van der Waals surface area contributed by atoms with Crippen molar-refractivity contribution in [1.29, 1.82) is 0 Å². The smallest absolute Gasteiger partial charge is 0.293 e. The van der Waals surface area contributed by atoms with Gasteiger partial charge in [0.25, 0.3) is 6.47 Å². The molecule has 20 heavy (non-hydrogen) atoms. The van der Waals surface area contributed by atoms with Crippen LogP contribution in [0.15, 0.2) is 11.8 Å². The maximum absolute atomic E-state index is 10.1. The Morgan fingerprint density at radius 1 is 1.30 bits per heavy atom. The van der Waals surface area contributed by atoms with Crippen LogP contribution in [-0.2, 0) is 9.53 Å². The molecule has 0 bridgehead atoms. The lowest BCUT2D eigenvalue weighted by atomic mass is 10.1. The Morgan fingerprint density at radius 2 is 2.10 bits per heavy atom.